The Kier molecular flexibility index (Phi) is 5.23. The Morgan fingerprint density at radius 2 is 1.73 bits per heavy atom. The average molecular weight is 372 g/mol. The van der Waals surface area contributed by atoms with Crippen molar-refractivity contribution in [1.29, 1.82) is 0 Å². The van der Waals surface area contributed by atoms with Crippen molar-refractivity contribution in [3.63, 3.8) is 0 Å². The van der Waals surface area contributed by atoms with Crippen molar-refractivity contribution in [2.45, 2.75) is 26.4 Å². The minimum absolute atomic E-state index is 0.214. The third-order valence-corrected chi connectivity index (χ3v) is 4.36. The normalized spacial score (nSPS) is 10.8. The van der Waals surface area contributed by atoms with Crippen LogP contribution >= 0.6 is 11.6 Å². The van der Waals surface area contributed by atoms with Crippen LogP contribution in [0.25, 0.3) is 10.9 Å². The molecule has 7 heteroatoms. The molecule has 0 atom stereocenters. The van der Waals surface area contributed by atoms with Gasteiger partial charge in [-0.05, 0) is 30.7 Å². The number of benzene rings is 2. The second-order valence-electron chi connectivity index (χ2n) is 5.87. The summed E-state index contributed by atoms with van der Waals surface area (Å²) in [6.07, 6.45) is 0.638. The summed E-state index contributed by atoms with van der Waals surface area (Å²) in [7, 11) is 0. The molecule has 0 radical (unpaired) electrons. The van der Waals surface area contributed by atoms with E-state index in [-0.39, 0.29) is 12.1 Å². The molecule has 0 spiro atoms. The van der Waals surface area contributed by atoms with Gasteiger partial charge in [-0.25, -0.2) is 4.79 Å². The van der Waals surface area contributed by atoms with E-state index in [9.17, 15) is 14.4 Å². The summed E-state index contributed by atoms with van der Waals surface area (Å²) in [5.41, 5.74) is 0.0719. The highest BCUT2D eigenvalue weighted by Gasteiger charge is 2.15. The Morgan fingerprint density at radius 1 is 1.04 bits per heavy atom. The third kappa shape index (κ3) is 3.41. The number of fused-ring (bicyclic) bond motifs is 1. The van der Waals surface area contributed by atoms with Crippen molar-refractivity contribution < 1.29 is 4.79 Å². The van der Waals surface area contributed by atoms with E-state index < -0.39 is 11.6 Å². The van der Waals surface area contributed by atoms with E-state index in [1.807, 2.05) is 6.92 Å². The highest BCUT2D eigenvalue weighted by Crippen LogP contribution is 2.20. The molecule has 0 bridgehead atoms. The molecule has 0 saturated heterocycles. The molecule has 26 heavy (non-hydrogen) atoms. The predicted molar refractivity (Wildman–Crippen MR) is 103 cm³/mol. The number of anilines is 1. The van der Waals surface area contributed by atoms with Crippen molar-refractivity contribution in [3.05, 3.63) is 74.4 Å². The van der Waals surface area contributed by atoms with Gasteiger partial charge in [0.2, 0.25) is 5.91 Å². The molecule has 1 amide bonds. The highest BCUT2D eigenvalue weighted by atomic mass is 35.5. The predicted octanol–water partition coefficient (Wildman–Crippen LogP) is 2.87. The van der Waals surface area contributed by atoms with Crippen molar-refractivity contribution >= 4 is 34.1 Å². The molecule has 134 valence electrons. The second-order valence-corrected chi connectivity index (χ2v) is 6.28. The number of nitrogens with one attached hydrogen (secondary N) is 1. The lowest BCUT2D eigenvalue weighted by Crippen LogP contribution is -2.41. The summed E-state index contributed by atoms with van der Waals surface area (Å²) >= 11 is 6.06. The molecule has 0 aliphatic carbocycles. The minimum atomic E-state index is -0.496. The molecule has 0 saturated carbocycles. The maximum absolute atomic E-state index is 12.8. The first-order valence-electron chi connectivity index (χ1n) is 8.29. The SMILES string of the molecule is CCCn1c(=O)c2ccccc2n(CC(=O)Nc2ccccc2Cl)c1=O. The zero-order chi connectivity index (χ0) is 18.7. The van der Waals surface area contributed by atoms with Crippen LogP contribution in [0.2, 0.25) is 5.02 Å². The van der Waals surface area contributed by atoms with E-state index in [2.05, 4.69) is 5.32 Å². The fourth-order valence-corrected chi connectivity index (χ4v) is 3.02. The van der Waals surface area contributed by atoms with E-state index in [1.165, 1.54) is 9.13 Å². The lowest BCUT2D eigenvalue weighted by atomic mass is 10.2. The molecule has 1 heterocycles. The van der Waals surface area contributed by atoms with Gasteiger partial charge in [-0.2, -0.15) is 0 Å². The van der Waals surface area contributed by atoms with E-state index in [4.69, 9.17) is 11.6 Å². The number of nitrogens with zero attached hydrogens (tertiary/aromatic N) is 2. The molecule has 3 rings (SSSR count). The van der Waals surface area contributed by atoms with Crippen LogP contribution in [0.4, 0.5) is 5.69 Å². The van der Waals surface area contributed by atoms with Gasteiger partial charge >= 0.3 is 5.69 Å². The van der Waals surface area contributed by atoms with Crippen LogP contribution in [-0.2, 0) is 17.9 Å². The number of carbonyl (C=O) groups is 1. The Bertz CT molecular complexity index is 1090. The molecule has 0 aliphatic heterocycles. The van der Waals surface area contributed by atoms with Gasteiger partial charge in [0.1, 0.15) is 6.54 Å². The maximum Gasteiger partial charge on any atom is 0.331 e. The summed E-state index contributed by atoms with van der Waals surface area (Å²) in [6.45, 7) is 1.97. The third-order valence-electron chi connectivity index (χ3n) is 4.03. The molecule has 6 nitrogen and oxygen atoms in total. The molecule has 1 N–H and O–H groups in total. The lowest BCUT2D eigenvalue weighted by Gasteiger charge is -2.14. The Hall–Kier alpha value is -2.86. The largest absolute Gasteiger partial charge is 0.331 e. The van der Waals surface area contributed by atoms with Crippen LogP contribution in [0.15, 0.2) is 58.1 Å². The Balaban J connectivity index is 2.04. The quantitative estimate of drug-likeness (QED) is 0.749. The minimum Gasteiger partial charge on any atom is -0.323 e. The number of aromatic nitrogens is 2. The number of hydrogen-bond donors (Lipinski definition) is 1. The molecule has 2 aromatic carbocycles. The average Bonchev–Trinajstić information content (AvgIpc) is 2.64. The summed E-state index contributed by atoms with van der Waals surface area (Å²) in [6, 6.07) is 13.6. The van der Waals surface area contributed by atoms with Gasteiger partial charge in [-0.15, -0.1) is 0 Å². The first-order valence-corrected chi connectivity index (χ1v) is 8.67. The summed E-state index contributed by atoms with van der Waals surface area (Å²) < 4.78 is 2.49. The topological polar surface area (TPSA) is 73.1 Å². The zero-order valence-corrected chi connectivity index (χ0v) is 15.0. The van der Waals surface area contributed by atoms with E-state index >= 15 is 0 Å². The fourth-order valence-electron chi connectivity index (χ4n) is 2.84. The summed E-state index contributed by atoms with van der Waals surface area (Å²) in [5.74, 6) is -0.396. The molecule has 0 fully saturated rings. The van der Waals surface area contributed by atoms with E-state index in [0.717, 1.165) is 0 Å². The molecule has 3 aromatic rings. The van der Waals surface area contributed by atoms with Gasteiger partial charge in [0.25, 0.3) is 5.56 Å². The molecule has 1 aromatic heterocycles. The fraction of sp³-hybridized carbons (Fsp3) is 0.211. The second kappa shape index (κ2) is 7.58. The molecule has 0 unspecified atom stereocenters. The first kappa shape index (κ1) is 17.9. The lowest BCUT2D eigenvalue weighted by molar-refractivity contribution is -0.116. The van der Waals surface area contributed by atoms with Crippen LogP contribution in [0.3, 0.4) is 0 Å². The van der Waals surface area contributed by atoms with Gasteiger partial charge < -0.3 is 5.32 Å². The van der Waals surface area contributed by atoms with Gasteiger partial charge in [0.05, 0.1) is 21.6 Å². The zero-order valence-electron chi connectivity index (χ0n) is 14.2. The van der Waals surface area contributed by atoms with Crippen LogP contribution < -0.4 is 16.6 Å². The first-order chi connectivity index (χ1) is 12.5. The summed E-state index contributed by atoms with van der Waals surface area (Å²) in [5, 5.41) is 3.52. The van der Waals surface area contributed by atoms with Crippen LogP contribution in [-0.4, -0.2) is 15.0 Å². The van der Waals surface area contributed by atoms with Gasteiger partial charge in [0, 0.05) is 6.54 Å². The van der Waals surface area contributed by atoms with Gasteiger partial charge in [0.15, 0.2) is 0 Å². The Labute approximate surface area is 154 Å². The van der Waals surface area contributed by atoms with Crippen molar-refractivity contribution in [2.24, 2.45) is 0 Å². The maximum atomic E-state index is 12.8. The van der Waals surface area contributed by atoms with Gasteiger partial charge in [-0.1, -0.05) is 42.8 Å². The number of halogens is 1. The number of hydrogen-bond acceptors (Lipinski definition) is 3. The molecular weight excluding hydrogens is 354 g/mol. The van der Waals surface area contributed by atoms with Crippen molar-refractivity contribution in [1.82, 2.24) is 9.13 Å². The number of carbonyl (C=O) groups excluding carboxylic acids is 1. The number of amides is 1. The molecule has 0 aliphatic rings. The molecular formula is C19H18ClN3O3. The smallest absolute Gasteiger partial charge is 0.323 e. The van der Waals surface area contributed by atoms with Crippen LogP contribution in [0, 0.1) is 0 Å². The number of rotatable bonds is 5. The highest BCUT2D eigenvalue weighted by molar-refractivity contribution is 6.33. The van der Waals surface area contributed by atoms with Gasteiger partial charge in [-0.3, -0.25) is 18.7 Å². The summed E-state index contributed by atoms with van der Waals surface area (Å²) in [4.78, 5) is 37.8. The Morgan fingerprint density at radius 3 is 2.46 bits per heavy atom. The number of para-hydroxylation sites is 2. The van der Waals surface area contributed by atoms with E-state index in [0.29, 0.717) is 34.6 Å². The standard InChI is InChI=1S/C19H18ClN3O3/c1-2-11-22-18(25)13-7-3-6-10-16(13)23(19(22)26)12-17(24)21-15-9-5-4-8-14(15)20/h3-10H,2,11-12H2,1H3,(H,21,24). The van der Waals surface area contributed by atoms with Crippen molar-refractivity contribution in [2.75, 3.05) is 5.32 Å². The van der Waals surface area contributed by atoms with E-state index in [1.54, 1.807) is 48.5 Å². The van der Waals surface area contributed by atoms with Crippen molar-refractivity contribution in [3.8, 4) is 0 Å². The van der Waals surface area contributed by atoms with Crippen LogP contribution in [0.1, 0.15) is 13.3 Å². The van der Waals surface area contributed by atoms with Crippen LogP contribution in [0.5, 0.6) is 0 Å². The monoisotopic (exact) mass is 371 g/mol.